The molecule has 0 atom stereocenters. The van der Waals surface area contributed by atoms with Crippen LogP contribution in [-0.2, 0) is 0 Å². The summed E-state index contributed by atoms with van der Waals surface area (Å²) < 4.78 is 0. The van der Waals surface area contributed by atoms with E-state index in [1.807, 2.05) is 20.8 Å². The van der Waals surface area contributed by atoms with Gasteiger partial charge >= 0.3 is 0 Å². The number of nitrogens with two attached hydrogens (primary N) is 1. The van der Waals surface area contributed by atoms with Crippen LogP contribution in [0.5, 0.6) is 0 Å². The average molecular weight is 210 g/mol. The normalized spacial score (nSPS) is 11.5. The number of carbonyl (C=O) groups excluding carboxylic acids is 1. The van der Waals surface area contributed by atoms with Gasteiger partial charge in [0.05, 0.1) is 11.3 Å². The molecule has 1 aromatic heterocycles. The third kappa shape index (κ3) is 3.06. The second-order valence-electron chi connectivity index (χ2n) is 4.48. The van der Waals surface area contributed by atoms with Gasteiger partial charge in [-0.05, 0) is 27.7 Å². The van der Waals surface area contributed by atoms with Crippen molar-refractivity contribution in [2.45, 2.75) is 33.2 Å². The van der Waals surface area contributed by atoms with Gasteiger partial charge in [-0.15, -0.1) is 0 Å². The molecule has 0 fully saturated rings. The number of nitrogens with one attached hydrogen (secondary N) is 2. The minimum absolute atomic E-state index is 0.128. The zero-order chi connectivity index (χ0) is 11.6. The number of amides is 1. The molecule has 5 nitrogen and oxygen atoms in total. The van der Waals surface area contributed by atoms with Crippen LogP contribution in [0.3, 0.4) is 0 Å². The first-order valence-corrected chi connectivity index (χ1v) is 4.90. The molecule has 4 N–H and O–H groups in total. The van der Waals surface area contributed by atoms with E-state index in [4.69, 9.17) is 5.73 Å². The largest absolute Gasteiger partial charge is 0.350 e. The Bertz CT molecular complexity index is 342. The molecule has 1 heterocycles. The van der Waals surface area contributed by atoms with E-state index in [2.05, 4.69) is 15.5 Å². The van der Waals surface area contributed by atoms with Gasteiger partial charge in [-0.2, -0.15) is 5.10 Å². The number of hydrogen-bond acceptors (Lipinski definition) is 3. The minimum Gasteiger partial charge on any atom is -0.350 e. The molecule has 84 valence electrons. The lowest BCUT2D eigenvalue weighted by Gasteiger charge is -2.18. The van der Waals surface area contributed by atoms with Crippen molar-refractivity contribution in [3.63, 3.8) is 0 Å². The average Bonchev–Trinajstić information content (AvgIpc) is 2.41. The van der Waals surface area contributed by atoms with E-state index in [0.717, 1.165) is 5.69 Å². The van der Waals surface area contributed by atoms with Crippen molar-refractivity contribution in [2.24, 2.45) is 5.73 Å². The summed E-state index contributed by atoms with van der Waals surface area (Å²) in [7, 11) is 0. The van der Waals surface area contributed by atoms with E-state index < -0.39 is 5.54 Å². The van der Waals surface area contributed by atoms with Gasteiger partial charge in [0.1, 0.15) is 0 Å². The van der Waals surface area contributed by atoms with Crippen molar-refractivity contribution < 1.29 is 4.79 Å². The van der Waals surface area contributed by atoms with Crippen molar-refractivity contribution >= 4 is 5.91 Å². The first-order valence-electron chi connectivity index (χ1n) is 4.90. The number of aromatic nitrogens is 2. The Balaban J connectivity index is 2.70. The van der Waals surface area contributed by atoms with Crippen molar-refractivity contribution in [1.29, 1.82) is 0 Å². The van der Waals surface area contributed by atoms with Crippen LogP contribution in [0.15, 0.2) is 0 Å². The Morgan fingerprint density at radius 3 is 2.53 bits per heavy atom. The molecule has 1 rings (SSSR count). The summed E-state index contributed by atoms with van der Waals surface area (Å²) in [5.41, 5.74) is 7.47. The highest BCUT2D eigenvalue weighted by molar-refractivity contribution is 5.96. The predicted molar refractivity (Wildman–Crippen MR) is 58.7 cm³/mol. The maximum atomic E-state index is 11.8. The Morgan fingerprint density at radius 1 is 1.53 bits per heavy atom. The van der Waals surface area contributed by atoms with Crippen LogP contribution < -0.4 is 11.1 Å². The van der Waals surface area contributed by atoms with Gasteiger partial charge in [-0.3, -0.25) is 9.89 Å². The van der Waals surface area contributed by atoms with Gasteiger partial charge in [0.2, 0.25) is 0 Å². The first kappa shape index (κ1) is 11.7. The highest BCUT2D eigenvalue weighted by Crippen LogP contribution is 2.08. The van der Waals surface area contributed by atoms with Crippen LogP contribution in [0.1, 0.15) is 35.6 Å². The van der Waals surface area contributed by atoms with E-state index in [-0.39, 0.29) is 5.91 Å². The van der Waals surface area contributed by atoms with E-state index in [0.29, 0.717) is 17.8 Å². The van der Waals surface area contributed by atoms with Crippen LogP contribution in [0.4, 0.5) is 0 Å². The maximum absolute atomic E-state index is 11.8. The van der Waals surface area contributed by atoms with Crippen LogP contribution in [0, 0.1) is 13.8 Å². The molecule has 0 saturated heterocycles. The molecular formula is C10H18N4O. The van der Waals surface area contributed by atoms with Crippen molar-refractivity contribution in [1.82, 2.24) is 15.5 Å². The van der Waals surface area contributed by atoms with E-state index in [9.17, 15) is 4.79 Å². The lowest BCUT2D eigenvalue weighted by atomic mass is 10.1. The third-order valence-corrected chi connectivity index (χ3v) is 2.06. The number of hydrogen-bond donors (Lipinski definition) is 3. The van der Waals surface area contributed by atoms with Crippen LogP contribution in [-0.4, -0.2) is 28.2 Å². The summed E-state index contributed by atoms with van der Waals surface area (Å²) >= 11 is 0. The molecule has 15 heavy (non-hydrogen) atoms. The topological polar surface area (TPSA) is 83.8 Å². The Morgan fingerprint density at radius 2 is 2.13 bits per heavy atom. The molecule has 0 saturated carbocycles. The second kappa shape index (κ2) is 4.02. The Hall–Kier alpha value is -1.36. The number of rotatable bonds is 3. The van der Waals surface area contributed by atoms with Crippen molar-refractivity contribution in [2.75, 3.05) is 6.54 Å². The summed E-state index contributed by atoms with van der Waals surface area (Å²) in [6.45, 7) is 7.79. The van der Waals surface area contributed by atoms with Gasteiger partial charge in [-0.1, -0.05) is 0 Å². The highest BCUT2D eigenvalue weighted by Gasteiger charge is 2.17. The molecule has 5 heteroatoms. The van der Waals surface area contributed by atoms with Gasteiger partial charge < -0.3 is 11.1 Å². The molecular weight excluding hydrogens is 192 g/mol. The summed E-state index contributed by atoms with van der Waals surface area (Å²) in [4.78, 5) is 11.8. The number of carbonyl (C=O) groups is 1. The summed E-state index contributed by atoms with van der Waals surface area (Å²) in [6, 6.07) is 0. The molecule has 0 radical (unpaired) electrons. The van der Waals surface area contributed by atoms with E-state index in [1.54, 1.807) is 6.92 Å². The number of H-pyrrole nitrogens is 1. The summed E-state index contributed by atoms with van der Waals surface area (Å²) in [6.07, 6.45) is 0. The van der Waals surface area contributed by atoms with Gasteiger partial charge in [0.25, 0.3) is 5.91 Å². The van der Waals surface area contributed by atoms with E-state index in [1.165, 1.54) is 0 Å². The van der Waals surface area contributed by atoms with E-state index >= 15 is 0 Å². The first-order chi connectivity index (χ1) is 6.81. The maximum Gasteiger partial charge on any atom is 0.255 e. The molecule has 0 bridgehead atoms. The molecule has 0 spiro atoms. The summed E-state index contributed by atoms with van der Waals surface area (Å²) in [5.74, 6) is -0.128. The molecule has 0 aliphatic rings. The van der Waals surface area contributed by atoms with Gasteiger partial charge in [-0.25, -0.2) is 0 Å². The zero-order valence-electron chi connectivity index (χ0n) is 9.64. The summed E-state index contributed by atoms with van der Waals surface area (Å²) in [5, 5.41) is 9.52. The lowest BCUT2D eigenvalue weighted by Crippen LogP contribution is -2.45. The third-order valence-electron chi connectivity index (χ3n) is 2.06. The molecule has 1 aromatic rings. The standard InChI is InChI=1S/C10H18N4O/c1-6-8(7(2)14-13-6)9(15)12-5-10(3,4)11/h5,11H2,1-4H3,(H,12,15)(H,13,14). The molecule has 0 aliphatic heterocycles. The van der Waals surface area contributed by atoms with Crippen molar-refractivity contribution in [3.8, 4) is 0 Å². The van der Waals surface area contributed by atoms with Crippen molar-refractivity contribution in [3.05, 3.63) is 17.0 Å². The van der Waals surface area contributed by atoms with Crippen LogP contribution >= 0.6 is 0 Å². The predicted octanol–water partition coefficient (Wildman–Crippen LogP) is 0.494. The fourth-order valence-electron chi connectivity index (χ4n) is 1.28. The number of aryl methyl sites for hydroxylation is 2. The quantitative estimate of drug-likeness (QED) is 0.679. The van der Waals surface area contributed by atoms with Gasteiger partial charge in [0, 0.05) is 17.8 Å². The molecule has 1 amide bonds. The minimum atomic E-state index is -0.402. The lowest BCUT2D eigenvalue weighted by molar-refractivity contribution is 0.0945. The molecule has 0 aromatic carbocycles. The highest BCUT2D eigenvalue weighted by atomic mass is 16.1. The van der Waals surface area contributed by atoms with Crippen LogP contribution in [0.25, 0.3) is 0 Å². The fourth-order valence-corrected chi connectivity index (χ4v) is 1.28. The fraction of sp³-hybridized carbons (Fsp3) is 0.600. The Kier molecular flexibility index (Phi) is 3.14. The van der Waals surface area contributed by atoms with Gasteiger partial charge in [0.15, 0.2) is 0 Å². The molecule has 0 aliphatic carbocycles. The smallest absolute Gasteiger partial charge is 0.255 e. The van der Waals surface area contributed by atoms with Crippen LogP contribution in [0.2, 0.25) is 0 Å². The number of nitrogens with zero attached hydrogens (tertiary/aromatic N) is 1. The zero-order valence-corrected chi connectivity index (χ0v) is 9.64. The molecule has 0 unspecified atom stereocenters. The number of aromatic amines is 1. The Labute approximate surface area is 89.4 Å². The monoisotopic (exact) mass is 210 g/mol. The SMILES string of the molecule is Cc1n[nH]c(C)c1C(=O)NCC(C)(C)N. The second-order valence-corrected chi connectivity index (χ2v) is 4.48.